The number of carboxylic acids is 1. The molecule has 0 radical (unpaired) electrons. The van der Waals surface area contributed by atoms with Crippen molar-refractivity contribution in [3.8, 4) is 0 Å². The smallest absolute Gasteiger partial charge is 0.317 e. The van der Waals surface area contributed by atoms with Crippen LogP contribution in [0, 0.1) is 5.92 Å². The summed E-state index contributed by atoms with van der Waals surface area (Å²) in [6.45, 7) is 1.33. The van der Waals surface area contributed by atoms with Gasteiger partial charge in [-0.15, -0.1) is 0 Å². The molecule has 2 amide bonds. The van der Waals surface area contributed by atoms with Crippen molar-refractivity contribution < 1.29 is 19.4 Å². The molecule has 102 valence electrons. The highest BCUT2D eigenvalue weighted by molar-refractivity contribution is 5.75. The summed E-state index contributed by atoms with van der Waals surface area (Å²) in [4.78, 5) is 24.5. The third kappa shape index (κ3) is 2.93. The number of amides is 2. The highest BCUT2D eigenvalue weighted by Gasteiger charge is 2.33. The van der Waals surface area contributed by atoms with Crippen molar-refractivity contribution in [2.75, 3.05) is 20.2 Å². The third-order valence-corrected chi connectivity index (χ3v) is 3.88. The number of carbonyl (C=O) groups is 2. The normalized spacial score (nSPS) is 31.6. The summed E-state index contributed by atoms with van der Waals surface area (Å²) in [7, 11) is 1.65. The first kappa shape index (κ1) is 13.1. The Balaban J connectivity index is 1.77. The summed E-state index contributed by atoms with van der Waals surface area (Å²) >= 11 is 0. The molecule has 0 aromatic carbocycles. The average molecular weight is 256 g/mol. The van der Waals surface area contributed by atoms with Gasteiger partial charge in [0.1, 0.15) is 0 Å². The summed E-state index contributed by atoms with van der Waals surface area (Å²) in [6, 6.07) is -0.0919. The van der Waals surface area contributed by atoms with Crippen LogP contribution in [0.5, 0.6) is 0 Å². The van der Waals surface area contributed by atoms with Crippen molar-refractivity contribution >= 4 is 12.0 Å². The number of nitrogens with zero attached hydrogens (tertiary/aromatic N) is 1. The Morgan fingerprint density at radius 2 is 2.11 bits per heavy atom. The molecule has 6 heteroatoms. The lowest BCUT2D eigenvalue weighted by Crippen LogP contribution is -2.43. The largest absolute Gasteiger partial charge is 0.481 e. The second kappa shape index (κ2) is 5.56. The van der Waals surface area contributed by atoms with Gasteiger partial charge < -0.3 is 20.1 Å². The van der Waals surface area contributed by atoms with Crippen LogP contribution in [0.2, 0.25) is 0 Å². The number of ether oxygens (including phenoxy) is 1. The van der Waals surface area contributed by atoms with Gasteiger partial charge in [0.25, 0.3) is 0 Å². The van der Waals surface area contributed by atoms with E-state index in [9.17, 15) is 9.59 Å². The molecule has 0 aromatic heterocycles. The molecule has 1 aliphatic carbocycles. The van der Waals surface area contributed by atoms with Crippen LogP contribution >= 0.6 is 0 Å². The molecular weight excluding hydrogens is 236 g/mol. The Labute approximate surface area is 106 Å². The third-order valence-electron chi connectivity index (χ3n) is 3.88. The fraction of sp³-hybridized carbons (Fsp3) is 0.833. The second-order valence-corrected chi connectivity index (χ2v) is 5.09. The predicted octanol–water partition coefficient (Wildman–Crippen LogP) is 0.670. The molecule has 1 aliphatic heterocycles. The molecule has 1 saturated heterocycles. The zero-order valence-corrected chi connectivity index (χ0v) is 10.6. The van der Waals surface area contributed by atoms with Crippen LogP contribution in [0.3, 0.4) is 0 Å². The molecule has 6 nitrogen and oxygen atoms in total. The Morgan fingerprint density at radius 3 is 2.67 bits per heavy atom. The molecule has 18 heavy (non-hydrogen) atoms. The summed E-state index contributed by atoms with van der Waals surface area (Å²) < 4.78 is 5.21. The molecule has 2 fully saturated rings. The SMILES string of the molecule is COC1CCN(C(=O)N[C@H]2CC[C@@H](C(=O)O)C2)C1. The van der Waals surface area contributed by atoms with E-state index >= 15 is 0 Å². The number of carboxylic acid groups (broad SMARTS) is 1. The van der Waals surface area contributed by atoms with Crippen LogP contribution < -0.4 is 5.32 Å². The number of urea groups is 1. The number of rotatable bonds is 3. The fourth-order valence-corrected chi connectivity index (χ4v) is 2.71. The summed E-state index contributed by atoms with van der Waals surface area (Å²) in [5.74, 6) is -1.06. The van der Waals surface area contributed by atoms with E-state index in [0.717, 1.165) is 12.8 Å². The lowest BCUT2D eigenvalue weighted by molar-refractivity contribution is -0.141. The van der Waals surface area contributed by atoms with Gasteiger partial charge in [-0.3, -0.25) is 4.79 Å². The van der Waals surface area contributed by atoms with E-state index in [1.165, 1.54) is 0 Å². The first-order valence-electron chi connectivity index (χ1n) is 6.41. The Morgan fingerprint density at radius 1 is 1.33 bits per heavy atom. The van der Waals surface area contributed by atoms with Crippen molar-refractivity contribution in [3.63, 3.8) is 0 Å². The first-order valence-corrected chi connectivity index (χ1v) is 6.41. The average Bonchev–Trinajstić information content (AvgIpc) is 2.96. The van der Waals surface area contributed by atoms with Crippen LogP contribution in [0.15, 0.2) is 0 Å². The van der Waals surface area contributed by atoms with Crippen molar-refractivity contribution in [2.24, 2.45) is 5.92 Å². The fourth-order valence-electron chi connectivity index (χ4n) is 2.71. The van der Waals surface area contributed by atoms with E-state index in [2.05, 4.69) is 5.32 Å². The van der Waals surface area contributed by atoms with E-state index in [1.54, 1.807) is 12.0 Å². The highest BCUT2D eigenvalue weighted by Crippen LogP contribution is 2.26. The molecule has 2 N–H and O–H groups in total. The van der Waals surface area contributed by atoms with Crippen molar-refractivity contribution in [3.05, 3.63) is 0 Å². The van der Waals surface area contributed by atoms with Crippen LogP contribution in [0.1, 0.15) is 25.7 Å². The van der Waals surface area contributed by atoms with E-state index in [0.29, 0.717) is 25.9 Å². The van der Waals surface area contributed by atoms with Gasteiger partial charge in [0.2, 0.25) is 0 Å². The topological polar surface area (TPSA) is 78.9 Å². The minimum absolute atomic E-state index is 0.000180. The molecule has 0 aromatic rings. The second-order valence-electron chi connectivity index (χ2n) is 5.09. The van der Waals surface area contributed by atoms with Crippen molar-refractivity contribution in [1.29, 1.82) is 0 Å². The molecule has 2 rings (SSSR count). The quantitative estimate of drug-likeness (QED) is 0.778. The van der Waals surface area contributed by atoms with Gasteiger partial charge in [-0.05, 0) is 25.7 Å². The van der Waals surface area contributed by atoms with Crippen molar-refractivity contribution in [1.82, 2.24) is 10.2 Å². The van der Waals surface area contributed by atoms with Gasteiger partial charge in [-0.1, -0.05) is 0 Å². The monoisotopic (exact) mass is 256 g/mol. The number of hydrogen-bond donors (Lipinski definition) is 2. The minimum Gasteiger partial charge on any atom is -0.481 e. The Kier molecular flexibility index (Phi) is 4.06. The van der Waals surface area contributed by atoms with E-state index in [-0.39, 0.29) is 24.1 Å². The van der Waals surface area contributed by atoms with Crippen LogP contribution in [0.4, 0.5) is 4.79 Å². The van der Waals surface area contributed by atoms with Gasteiger partial charge in [-0.25, -0.2) is 4.79 Å². The van der Waals surface area contributed by atoms with Gasteiger partial charge in [0.05, 0.1) is 12.0 Å². The van der Waals surface area contributed by atoms with E-state index < -0.39 is 5.97 Å². The highest BCUT2D eigenvalue weighted by atomic mass is 16.5. The number of carbonyl (C=O) groups excluding carboxylic acids is 1. The van der Waals surface area contributed by atoms with Crippen LogP contribution in [-0.4, -0.2) is 54.4 Å². The molecule has 3 atom stereocenters. The Hall–Kier alpha value is -1.30. The lowest BCUT2D eigenvalue weighted by atomic mass is 10.1. The lowest BCUT2D eigenvalue weighted by Gasteiger charge is -2.20. The summed E-state index contributed by atoms with van der Waals surface area (Å²) in [5.41, 5.74) is 0. The number of aliphatic carboxylic acids is 1. The van der Waals surface area contributed by atoms with Gasteiger partial charge in [0, 0.05) is 26.2 Å². The molecule has 2 aliphatic rings. The number of nitrogens with one attached hydrogen (secondary N) is 1. The maximum atomic E-state index is 12.0. The predicted molar refractivity (Wildman–Crippen MR) is 64.3 cm³/mol. The van der Waals surface area contributed by atoms with Gasteiger partial charge >= 0.3 is 12.0 Å². The van der Waals surface area contributed by atoms with Crippen LogP contribution in [-0.2, 0) is 9.53 Å². The molecular formula is C12H20N2O4. The van der Waals surface area contributed by atoms with Crippen molar-refractivity contribution in [2.45, 2.75) is 37.8 Å². The molecule has 0 spiro atoms. The zero-order chi connectivity index (χ0) is 13.1. The summed E-state index contributed by atoms with van der Waals surface area (Å²) in [6.07, 6.45) is 2.95. The molecule has 1 heterocycles. The van der Waals surface area contributed by atoms with Gasteiger partial charge in [-0.2, -0.15) is 0 Å². The number of hydrogen-bond acceptors (Lipinski definition) is 3. The maximum absolute atomic E-state index is 12.0. The van der Waals surface area contributed by atoms with E-state index in [4.69, 9.17) is 9.84 Å². The molecule has 1 unspecified atom stereocenters. The molecule has 0 bridgehead atoms. The summed E-state index contributed by atoms with van der Waals surface area (Å²) in [5, 5.41) is 11.8. The minimum atomic E-state index is -0.757. The zero-order valence-electron chi connectivity index (χ0n) is 10.6. The van der Waals surface area contributed by atoms with Gasteiger partial charge in [0.15, 0.2) is 0 Å². The maximum Gasteiger partial charge on any atom is 0.317 e. The number of likely N-dealkylation sites (tertiary alicyclic amines) is 1. The standard InChI is InChI=1S/C12H20N2O4/c1-18-10-4-5-14(7-10)12(17)13-9-3-2-8(6-9)11(15)16/h8-10H,2-7H2,1H3,(H,13,17)(H,15,16)/t8-,9+,10?/m1/s1. The van der Waals surface area contributed by atoms with Crippen LogP contribution in [0.25, 0.3) is 0 Å². The first-order chi connectivity index (χ1) is 8.60. The van der Waals surface area contributed by atoms with E-state index in [1.807, 2.05) is 0 Å². The Bertz CT molecular complexity index is 334. The molecule has 1 saturated carbocycles. The number of methoxy groups -OCH3 is 1.